The number of sulfonamides is 1. The van der Waals surface area contributed by atoms with E-state index in [1.54, 1.807) is 20.2 Å². The summed E-state index contributed by atoms with van der Waals surface area (Å²) in [6.07, 6.45) is 1.67. The fourth-order valence-corrected chi connectivity index (χ4v) is 2.81. The van der Waals surface area contributed by atoms with Crippen LogP contribution in [0.5, 0.6) is 0 Å². The van der Waals surface area contributed by atoms with Crippen molar-refractivity contribution in [1.82, 2.24) is 9.62 Å². The van der Waals surface area contributed by atoms with Crippen molar-refractivity contribution in [2.45, 2.75) is 31.4 Å². The van der Waals surface area contributed by atoms with Crippen LogP contribution >= 0.6 is 0 Å². The molecule has 1 aromatic rings. The average Bonchev–Trinajstić information content (AvgIpc) is 2.88. The van der Waals surface area contributed by atoms with Gasteiger partial charge in [0.25, 0.3) is 10.0 Å². The van der Waals surface area contributed by atoms with Crippen molar-refractivity contribution in [3.63, 3.8) is 0 Å². The van der Waals surface area contributed by atoms with Crippen LogP contribution in [0.3, 0.4) is 0 Å². The molecule has 0 saturated carbocycles. The highest BCUT2D eigenvalue weighted by Crippen LogP contribution is 2.18. The third kappa shape index (κ3) is 4.90. The summed E-state index contributed by atoms with van der Waals surface area (Å²) in [5.74, 6) is 0.627. The molecule has 0 aliphatic carbocycles. The van der Waals surface area contributed by atoms with Crippen molar-refractivity contribution in [2.24, 2.45) is 0 Å². The van der Waals surface area contributed by atoms with Gasteiger partial charge in [-0.15, -0.1) is 0 Å². The number of methoxy groups -OCH3 is 1. The molecular formula is C13H24N2O4S. The molecule has 1 N–H and O–H groups in total. The van der Waals surface area contributed by atoms with Crippen LogP contribution in [0.4, 0.5) is 0 Å². The van der Waals surface area contributed by atoms with Gasteiger partial charge < -0.3 is 14.5 Å². The Balaban J connectivity index is 2.62. The molecule has 1 rings (SSSR count). The molecule has 0 aliphatic heterocycles. The monoisotopic (exact) mass is 304 g/mol. The maximum Gasteiger partial charge on any atom is 0.276 e. The first-order chi connectivity index (χ1) is 9.52. The second kappa shape index (κ2) is 8.41. The summed E-state index contributed by atoms with van der Waals surface area (Å²) in [6, 6.07) is 3.20. The summed E-state index contributed by atoms with van der Waals surface area (Å²) in [6.45, 7) is 4.42. The quantitative estimate of drug-likeness (QED) is 0.662. The van der Waals surface area contributed by atoms with Gasteiger partial charge in [-0.05, 0) is 31.5 Å². The predicted molar refractivity (Wildman–Crippen MR) is 77.0 cm³/mol. The standard InChI is InChI=1S/C13H24N2O4S/c1-4-8-14-11-12-6-7-13(19-12)20(16,17)15(2)9-5-10-18-3/h6-7,14H,4-5,8-11H2,1-3H3. The number of rotatable bonds is 10. The zero-order valence-corrected chi connectivity index (χ0v) is 13.2. The zero-order valence-electron chi connectivity index (χ0n) is 12.4. The predicted octanol–water partition coefficient (Wildman–Crippen LogP) is 1.44. The molecule has 0 amide bonds. The van der Waals surface area contributed by atoms with Crippen molar-refractivity contribution >= 4 is 10.0 Å². The Kier molecular flexibility index (Phi) is 7.22. The van der Waals surface area contributed by atoms with Gasteiger partial charge in [-0.3, -0.25) is 0 Å². The smallest absolute Gasteiger partial charge is 0.276 e. The SMILES string of the molecule is CCCNCc1ccc(S(=O)(=O)N(C)CCCOC)o1. The minimum atomic E-state index is -3.55. The fraction of sp³-hybridized carbons (Fsp3) is 0.692. The fourth-order valence-electron chi connectivity index (χ4n) is 1.69. The summed E-state index contributed by atoms with van der Waals surface area (Å²) < 4.78 is 36.1. The zero-order chi connectivity index (χ0) is 15.0. The first-order valence-corrected chi connectivity index (χ1v) is 8.21. The highest BCUT2D eigenvalue weighted by Gasteiger charge is 2.24. The van der Waals surface area contributed by atoms with Gasteiger partial charge in [0.2, 0.25) is 5.09 Å². The average molecular weight is 304 g/mol. The highest BCUT2D eigenvalue weighted by molar-refractivity contribution is 7.89. The van der Waals surface area contributed by atoms with E-state index in [4.69, 9.17) is 9.15 Å². The van der Waals surface area contributed by atoms with Crippen molar-refractivity contribution in [3.05, 3.63) is 17.9 Å². The van der Waals surface area contributed by atoms with E-state index in [-0.39, 0.29) is 5.09 Å². The number of nitrogens with zero attached hydrogens (tertiary/aromatic N) is 1. The van der Waals surface area contributed by atoms with Gasteiger partial charge in [-0.25, -0.2) is 8.42 Å². The Morgan fingerprint density at radius 2 is 2.15 bits per heavy atom. The summed E-state index contributed by atoms with van der Waals surface area (Å²) in [7, 11) is -0.408. The van der Waals surface area contributed by atoms with E-state index in [1.807, 2.05) is 0 Å². The van der Waals surface area contributed by atoms with E-state index in [2.05, 4.69) is 12.2 Å². The molecule has 116 valence electrons. The van der Waals surface area contributed by atoms with Crippen LogP contribution in [0.15, 0.2) is 21.6 Å². The van der Waals surface area contributed by atoms with Gasteiger partial charge >= 0.3 is 0 Å². The Morgan fingerprint density at radius 3 is 2.80 bits per heavy atom. The van der Waals surface area contributed by atoms with E-state index >= 15 is 0 Å². The van der Waals surface area contributed by atoms with Crippen LogP contribution in [0.1, 0.15) is 25.5 Å². The molecule has 0 fully saturated rings. The van der Waals surface area contributed by atoms with E-state index in [0.29, 0.717) is 31.9 Å². The lowest BCUT2D eigenvalue weighted by Gasteiger charge is -2.14. The maximum absolute atomic E-state index is 12.2. The third-order valence-electron chi connectivity index (χ3n) is 2.85. The van der Waals surface area contributed by atoms with Crippen LogP contribution < -0.4 is 5.32 Å². The molecule has 0 aromatic carbocycles. The van der Waals surface area contributed by atoms with Crippen LogP contribution in [-0.2, 0) is 21.3 Å². The molecule has 0 bridgehead atoms. The molecule has 0 saturated heterocycles. The lowest BCUT2D eigenvalue weighted by atomic mass is 10.4. The van der Waals surface area contributed by atoms with Crippen molar-refractivity contribution < 1.29 is 17.6 Å². The maximum atomic E-state index is 12.2. The van der Waals surface area contributed by atoms with Gasteiger partial charge in [-0.1, -0.05) is 6.92 Å². The number of hydrogen-bond donors (Lipinski definition) is 1. The molecule has 0 unspecified atom stereocenters. The second-order valence-corrected chi connectivity index (χ2v) is 6.55. The van der Waals surface area contributed by atoms with Crippen molar-refractivity contribution in [2.75, 3.05) is 33.9 Å². The molecule has 1 heterocycles. The lowest BCUT2D eigenvalue weighted by Crippen LogP contribution is -2.28. The first-order valence-electron chi connectivity index (χ1n) is 6.77. The second-order valence-electron chi connectivity index (χ2n) is 4.57. The molecule has 20 heavy (non-hydrogen) atoms. The summed E-state index contributed by atoms with van der Waals surface area (Å²) >= 11 is 0. The first kappa shape index (κ1) is 17.2. The summed E-state index contributed by atoms with van der Waals surface area (Å²) in [5, 5.41) is 3.16. The number of hydrogen-bond acceptors (Lipinski definition) is 5. The van der Waals surface area contributed by atoms with Gasteiger partial charge in [0.1, 0.15) is 5.76 Å². The molecule has 0 atom stereocenters. The van der Waals surface area contributed by atoms with Crippen molar-refractivity contribution in [1.29, 1.82) is 0 Å². The van der Waals surface area contributed by atoms with Gasteiger partial charge in [0.15, 0.2) is 0 Å². The van der Waals surface area contributed by atoms with E-state index < -0.39 is 10.0 Å². The lowest BCUT2D eigenvalue weighted by molar-refractivity contribution is 0.189. The van der Waals surface area contributed by atoms with Gasteiger partial charge in [-0.2, -0.15) is 4.31 Å². The Labute approximate surface area is 121 Å². The molecule has 1 aromatic heterocycles. The van der Waals surface area contributed by atoms with Crippen LogP contribution in [0.2, 0.25) is 0 Å². The Morgan fingerprint density at radius 1 is 1.40 bits per heavy atom. The third-order valence-corrected chi connectivity index (χ3v) is 4.58. The topological polar surface area (TPSA) is 71.8 Å². The Hall–Kier alpha value is -0.890. The van der Waals surface area contributed by atoms with Gasteiger partial charge in [0.05, 0.1) is 6.54 Å². The number of ether oxygens (including phenoxy) is 1. The Bertz CT molecular complexity index is 484. The van der Waals surface area contributed by atoms with E-state index in [1.165, 1.54) is 10.4 Å². The van der Waals surface area contributed by atoms with E-state index in [0.717, 1.165) is 13.0 Å². The largest absolute Gasteiger partial charge is 0.447 e. The molecule has 7 heteroatoms. The number of furan rings is 1. The van der Waals surface area contributed by atoms with Crippen LogP contribution in [0.25, 0.3) is 0 Å². The minimum Gasteiger partial charge on any atom is -0.447 e. The highest BCUT2D eigenvalue weighted by atomic mass is 32.2. The summed E-state index contributed by atoms with van der Waals surface area (Å²) in [4.78, 5) is 0. The van der Waals surface area contributed by atoms with E-state index in [9.17, 15) is 8.42 Å². The normalized spacial score (nSPS) is 12.2. The molecular weight excluding hydrogens is 280 g/mol. The number of nitrogens with one attached hydrogen (secondary N) is 1. The molecule has 0 radical (unpaired) electrons. The van der Waals surface area contributed by atoms with Crippen molar-refractivity contribution in [3.8, 4) is 0 Å². The molecule has 0 spiro atoms. The van der Waals surface area contributed by atoms with Gasteiger partial charge in [0, 0.05) is 27.3 Å². The van der Waals surface area contributed by atoms with Crippen LogP contribution in [-0.4, -0.2) is 46.6 Å². The minimum absolute atomic E-state index is 0.00860. The molecule has 6 nitrogen and oxygen atoms in total. The summed E-state index contributed by atoms with van der Waals surface area (Å²) in [5.41, 5.74) is 0. The van der Waals surface area contributed by atoms with Crippen LogP contribution in [0, 0.1) is 0 Å². The molecule has 0 aliphatic rings.